The molecule has 0 aromatic heterocycles. The van der Waals surface area contributed by atoms with Crippen LogP contribution in [0, 0.1) is 5.41 Å². The second-order valence-electron chi connectivity index (χ2n) is 8.07. The van der Waals surface area contributed by atoms with Crippen LogP contribution in [0.1, 0.15) is 46.6 Å². The van der Waals surface area contributed by atoms with Gasteiger partial charge in [0, 0.05) is 5.82 Å². The molecular weight excluding hydrogens is 275 g/mol. The van der Waals surface area contributed by atoms with E-state index in [2.05, 4.69) is 46.8 Å². The molecule has 1 aromatic carbocycles. The third kappa shape index (κ3) is 2.97. The fourth-order valence-electron chi connectivity index (χ4n) is 3.06. The number of hydrogen-bond acceptors (Lipinski definition) is 3. The highest BCUT2D eigenvalue weighted by atomic mass is 16.7. The van der Waals surface area contributed by atoms with Crippen LogP contribution in [0.5, 0.6) is 0 Å². The molecule has 1 aromatic rings. The standard InChI is InChI=1S/C18H27BO3/c1-16(2)17(3,4)22-19(21-16)15-11-18(15,5)13-20-12-14-9-7-6-8-10-14/h6-10,15H,11-13H2,1-5H3/t15-,18+/m0/s1. The summed E-state index contributed by atoms with van der Waals surface area (Å²) in [6, 6.07) is 10.3. The first-order chi connectivity index (χ1) is 10.2. The predicted molar refractivity (Wildman–Crippen MR) is 88.7 cm³/mol. The molecule has 1 aliphatic carbocycles. The molecular formula is C18H27BO3. The van der Waals surface area contributed by atoms with Gasteiger partial charge in [-0.05, 0) is 45.1 Å². The second-order valence-corrected chi connectivity index (χ2v) is 8.07. The van der Waals surface area contributed by atoms with Gasteiger partial charge in [0.25, 0.3) is 0 Å². The summed E-state index contributed by atoms with van der Waals surface area (Å²) in [5.74, 6) is 0.435. The lowest BCUT2D eigenvalue weighted by atomic mass is 9.77. The molecule has 120 valence electrons. The van der Waals surface area contributed by atoms with Gasteiger partial charge < -0.3 is 14.0 Å². The predicted octanol–water partition coefficient (Wildman–Crippen LogP) is 4.08. The van der Waals surface area contributed by atoms with E-state index >= 15 is 0 Å². The van der Waals surface area contributed by atoms with E-state index < -0.39 is 0 Å². The van der Waals surface area contributed by atoms with Crippen molar-refractivity contribution in [2.45, 2.75) is 64.7 Å². The van der Waals surface area contributed by atoms with Crippen LogP contribution < -0.4 is 0 Å². The van der Waals surface area contributed by atoms with Crippen molar-refractivity contribution in [1.82, 2.24) is 0 Å². The first kappa shape index (κ1) is 16.0. The Labute approximate surface area is 134 Å². The monoisotopic (exact) mass is 302 g/mol. The summed E-state index contributed by atoms with van der Waals surface area (Å²) in [4.78, 5) is 0. The van der Waals surface area contributed by atoms with Crippen LogP contribution >= 0.6 is 0 Å². The van der Waals surface area contributed by atoms with Crippen LogP contribution in [0.4, 0.5) is 0 Å². The maximum Gasteiger partial charge on any atom is 0.461 e. The smallest absolute Gasteiger partial charge is 0.403 e. The van der Waals surface area contributed by atoms with Crippen LogP contribution in [0.3, 0.4) is 0 Å². The lowest BCUT2D eigenvalue weighted by Crippen LogP contribution is -2.41. The van der Waals surface area contributed by atoms with E-state index in [1.54, 1.807) is 0 Å². The minimum atomic E-state index is -0.244. The first-order valence-electron chi connectivity index (χ1n) is 8.21. The Morgan fingerprint density at radius 2 is 1.64 bits per heavy atom. The highest BCUT2D eigenvalue weighted by molar-refractivity contribution is 6.49. The van der Waals surface area contributed by atoms with E-state index in [-0.39, 0.29) is 23.7 Å². The Kier molecular flexibility index (Phi) is 3.91. The molecule has 2 aliphatic rings. The quantitative estimate of drug-likeness (QED) is 0.767. The highest BCUT2D eigenvalue weighted by Crippen LogP contribution is 2.62. The fraction of sp³-hybridized carbons (Fsp3) is 0.667. The molecule has 3 rings (SSSR count). The van der Waals surface area contributed by atoms with Crippen molar-refractivity contribution in [3.63, 3.8) is 0 Å². The molecule has 1 aliphatic heterocycles. The Balaban J connectivity index is 1.51. The summed E-state index contributed by atoms with van der Waals surface area (Å²) >= 11 is 0. The summed E-state index contributed by atoms with van der Waals surface area (Å²) in [6.07, 6.45) is 1.11. The summed E-state index contributed by atoms with van der Waals surface area (Å²) in [7, 11) is -0.102. The van der Waals surface area contributed by atoms with Crippen molar-refractivity contribution in [2.24, 2.45) is 5.41 Å². The van der Waals surface area contributed by atoms with Gasteiger partial charge >= 0.3 is 7.12 Å². The molecule has 0 amide bonds. The average Bonchev–Trinajstić information content (AvgIpc) is 3.04. The zero-order valence-corrected chi connectivity index (χ0v) is 14.4. The Bertz CT molecular complexity index is 512. The van der Waals surface area contributed by atoms with Crippen LogP contribution in [-0.2, 0) is 20.7 Å². The van der Waals surface area contributed by atoms with Gasteiger partial charge in [-0.3, -0.25) is 0 Å². The van der Waals surface area contributed by atoms with Crippen molar-refractivity contribution in [3.8, 4) is 0 Å². The van der Waals surface area contributed by atoms with E-state index in [4.69, 9.17) is 14.0 Å². The van der Waals surface area contributed by atoms with Gasteiger partial charge in [-0.15, -0.1) is 0 Å². The molecule has 0 radical (unpaired) electrons. The minimum Gasteiger partial charge on any atom is -0.403 e. The summed E-state index contributed by atoms with van der Waals surface area (Å²) in [5, 5.41) is 0. The summed E-state index contributed by atoms with van der Waals surface area (Å²) in [5.41, 5.74) is 0.910. The molecule has 2 atom stereocenters. The van der Waals surface area contributed by atoms with E-state index in [1.165, 1.54) is 5.56 Å². The van der Waals surface area contributed by atoms with Gasteiger partial charge in [0.15, 0.2) is 0 Å². The molecule has 3 nitrogen and oxygen atoms in total. The molecule has 0 bridgehead atoms. The zero-order valence-electron chi connectivity index (χ0n) is 14.4. The van der Waals surface area contributed by atoms with E-state index in [0.29, 0.717) is 12.4 Å². The van der Waals surface area contributed by atoms with Crippen molar-refractivity contribution in [2.75, 3.05) is 6.61 Å². The van der Waals surface area contributed by atoms with E-state index in [9.17, 15) is 0 Å². The van der Waals surface area contributed by atoms with Gasteiger partial charge in [-0.1, -0.05) is 37.3 Å². The molecule has 2 fully saturated rings. The number of benzene rings is 1. The molecule has 0 spiro atoms. The van der Waals surface area contributed by atoms with Gasteiger partial charge in [0.1, 0.15) is 0 Å². The number of hydrogen-bond donors (Lipinski definition) is 0. The maximum absolute atomic E-state index is 6.17. The molecule has 1 saturated heterocycles. The number of rotatable bonds is 5. The molecule has 22 heavy (non-hydrogen) atoms. The summed E-state index contributed by atoms with van der Waals surface area (Å²) < 4.78 is 18.3. The van der Waals surface area contributed by atoms with E-state index in [0.717, 1.165) is 13.0 Å². The van der Waals surface area contributed by atoms with Gasteiger partial charge in [-0.25, -0.2) is 0 Å². The molecule has 0 unspecified atom stereocenters. The van der Waals surface area contributed by atoms with Crippen molar-refractivity contribution in [3.05, 3.63) is 35.9 Å². The summed E-state index contributed by atoms with van der Waals surface area (Å²) in [6.45, 7) is 12.1. The normalized spacial score (nSPS) is 32.2. The second kappa shape index (κ2) is 5.36. The van der Waals surface area contributed by atoms with E-state index in [1.807, 2.05) is 18.2 Å². The highest BCUT2D eigenvalue weighted by Gasteiger charge is 2.64. The third-order valence-electron chi connectivity index (χ3n) is 5.56. The Morgan fingerprint density at radius 3 is 2.23 bits per heavy atom. The maximum atomic E-state index is 6.17. The third-order valence-corrected chi connectivity index (χ3v) is 5.56. The molecule has 0 N–H and O–H groups in total. The van der Waals surface area contributed by atoms with Crippen LogP contribution in [-0.4, -0.2) is 24.9 Å². The fourth-order valence-corrected chi connectivity index (χ4v) is 3.06. The average molecular weight is 302 g/mol. The largest absolute Gasteiger partial charge is 0.461 e. The van der Waals surface area contributed by atoms with Crippen LogP contribution in [0.15, 0.2) is 30.3 Å². The first-order valence-corrected chi connectivity index (χ1v) is 8.21. The van der Waals surface area contributed by atoms with Gasteiger partial charge in [-0.2, -0.15) is 0 Å². The molecule has 1 saturated carbocycles. The van der Waals surface area contributed by atoms with Crippen LogP contribution in [0.2, 0.25) is 5.82 Å². The topological polar surface area (TPSA) is 27.7 Å². The van der Waals surface area contributed by atoms with Crippen molar-refractivity contribution < 1.29 is 14.0 Å². The lowest BCUT2D eigenvalue weighted by Gasteiger charge is -2.32. The van der Waals surface area contributed by atoms with Gasteiger partial charge in [0.05, 0.1) is 24.4 Å². The Hall–Kier alpha value is -0.835. The Morgan fingerprint density at radius 1 is 1.05 bits per heavy atom. The van der Waals surface area contributed by atoms with Crippen molar-refractivity contribution in [1.29, 1.82) is 0 Å². The molecule has 4 heteroatoms. The SMILES string of the molecule is CC1(C)OB([C@H]2C[C@]2(C)COCc2ccccc2)OC1(C)C. The van der Waals surface area contributed by atoms with Crippen molar-refractivity contribution >= 4 is 7.12 Å². The number of ether oxygens (including phenoxy) is 1. The molecule has 1 heterocycles. The lowest BCUT2D eigenvalue weighted by molar-refractivity contribution is 0.00578. The van der Waals surface area contributed by atoms with Gasteiger partial charge in [0.2, 0.25) is 0 Å². The minimum absolute atomic E-state index is 0.102. The van der Waals surface area contributed by atoms with Crippen LogP contribution in [0.25, 0.3) is 0 Å². The zero-order chi connectivity index (χ0) is 16.0.